The Morgan fingerprint density at radius 2 is 2.12 bits per heavy atom. The van der Waals surface area contributed by atoms with Gasteiger partial charge in [0.1, 0.15) is 5.60 Å². The molecule has 0 saturated heterocycles. The molecule has 1 atom stereocenters. The standard InChI is InChI=1S/C17H22N4O3S.HI/c1-3-18-16(20-12-17(2,22)15-8-5-9-25-15)19-11-13-6-4-7-14(10-13)21(23)24;/h4-10,22H,3,11-12H2,1-2H3,(H2,18,19,20);1H. The molecule has 1 aromatic heterocycles. The molecule has 0 fully saturated rings. The lowest BCUT2D eigenvalue weighted by Crippen LogP contribution is -2.44. The number of nitrogens with one attached hydrogen (secondary N) is 2. The van der Waals surface area contributed by atoms with E-state index in [0.717, 1.165) is 10.4 Å². The Hall–Kier alpha value is -1.72. The fraction of sp³-hybridized carbons (Fsp3) is 0.353. The Morgan fingerprint density at radius 3 is 2.73 bits per heavy atom. The number of guanidine groups is 1. The summed E-state index contributed by atoms with van der Waals surface area (Å²) in [5, 5.41) is 29.5. The van der Waals surface area contributed by atoms with Gasteiger partial charge in [0.25, 0.3) is 5.69 Å². The molecule has 0 radical (unpaired) electrons. The number of rotatable bonds is 7. The van der Waals surface area contributed by atoms with Crippen molar-refractivity contribution in [2.24, 2.45) is 4.99 Å². The van der Waals surface area contributed by atoms with Gasteiger partial charge in [0.15, 0.2) is 5.96 Å². The number of hydrogen-bond donors (Lipinski definition) is 3. The third-order valence-electron chi connectivity index (χ3n) is 3.54. The number of nitro groups is 1. The van der Waals surface area contributed by atoms with Gasteiger partial charge in [0, 0.05) is 23.6 Å². The van der Waals surface area contributed by atoms with Crippen molar-refractivity contribution >= 4 is 47.0 Å². The molecule has 3 N–H and O–H groups in total. The largest absolute Gasteiger partial charge is 0.383 e. The van der Waals surface area contributed by atoms with Crippen LogP contribution in [-0.4, -0.2) is 29.1 Å². The third kappa shape index (κ3) is 6.54. The molecule has 1 unspecified atom stereocenters. The van der Waals surface area contributed by atoms with Crippen molar-refractivity contribution in [3.63, 3.8) is 0 Å². The Kier molecular flexibility index (Phi) is 8.96. The van der Waals surface area contributed by atoms with E-state index < -0.39 is 10.5 Å². The van der Waals surface area contributed by atoms with Crippen LogP contribution in [0.1, 0.15) is 24.3 Å². The molecule has 0 amide bonds. The normalized spacial score (nSPS) is 13.4. The lowest BCUT2D eigenvalue weighted by Gasteiger charge is -2.23. The molecule has 7 nitrogen and oxygen atoms in total. The smallest absolute Gasteiger partial charge is 0.269 e. The predicted molar refractivity (Wildman–Crippen MR) is 115 cm³/mol. The van der Waals surface area contributed by atoms with Gasteiger partial charge in [-0.1, -0.05) is 18.2 Å². The van der Waals surface area contributed by atoms with E-state index in [4.69, 9.17) is 0 Å². The lowest BCUT2D eigenvalue weighted by atomic mass is 10.1. The molecule has 0 aliphatic carbocycles. The number of halogens is 1. The van der Waals surface area contributed by atoms with Crippen molar-refractivity contribution in [2.45, 2.75) is 26.0 Å². The molecule has 0 bridgehead atoms. The highest BCUT2D eigenvalue weighted by molar-refractivity contribution is 14.0. The number of nitrogens with zero attached hydrogens (tertiary/aromatic N) is 2. The van der Waals surface area contributed by atoms with Crippen LogP contribution >= 0.6 is 35.3 Å². The van der Waals surface area contributed by atoms with Crippen LogP contribution in [0.4, 0.5) is 5.69 Å². The minimum atomic E-state index is -1.00. The molecule has 0 aliphatic rings. The first-order valence-electron chi connectivity index (χ1n) is 7.94. The van der Waals surface area contributed by atoms with Gasteiger partial charge in [0.2, 0.25) is 0 Å². The van der Waals surface area contributed by atoms with Crippen LogP contribution in [0.2, 0.25) is 0 Å². The maximum Gasteiger partial charge on any atom is 0.269 e. The van der Waals surface area contributed by atoms with Gasteiger partial charge >= 0.3 is 0 Å². The molecule has 142 valence electrons. The van der Waals surface area contributed by atoms with Gasteiger partial charge in [-0.05, 0) is 30.9 Å². The van der Waals surface area contributed by atoms with Gasteiger partial charge in [-0.15, -0.1) is 35.3 Å². The van der Waals surface area contributed by atoms with Gasteiger partial charge in [-0.2, -0.15) is 0 Å². The highest BCUT2D eigenvalue weighted by Gasteiger charge is 2.24. The first kappa shape index (κ1) is 22.3. The summed E-state index contributed by atoms with van der Waals surface area (Å²) in [6.45, 7) is 4.96. The second-order valence-electron chi connectivity index (χ2n) is 5.73. The average molecular weight is 490 g/mol. The summed E-state index contributed by atoms with van der Waals surface area (Å²) >= 11 is 1.50. The number of hydrogen-bond acceptors (Lipinski definition) is 5. The highest BCUT2D eigenvalue weighted by atomic mass is 127. The molecule has 0 aliphatic heterocycles. The third-order valence-corrected chi connectivity index (χ3v) is 4.66. The quantitative estimate of drug-likeness (QED) is 0.182. The van der Waals surface area contributed by atoms with E-state index >= 15 is 0 Å². The summed E-state index contributed by atoms with van der Waals surface area (Å²) in [5.74, 6) is 0.547. The van der Waals surface area contributed by atoms with Crippen LogP contribution in [0.5, 0.6) is 0 Å². The van der Waals surface area contributed by atoms with Crippen LogP contribution in [0, 0.1) is 10.1 Å². The van der Waals surface area contributed by atoms with Crippen LogP contribution < -0.4 is 10.6 Å². The summed E-state index contributed by atoms with van der Waals surface area (Å²) in [7, 11) is 0. The average Bonchev–Trinajstić information content (AvgIpc) is 3.13. The van der Waals surface area contributed by atoms with Crippen LogP contribution in [0.3, 0.4) is 0 Å². The number of aliphatic imine (C=N–C) groups is 1. The van der Waals surface area contributed by atoms with E-state index in [0.29, 0.717) is 25.6 Å². The number of non-ortho nitro benzene ring substituents is 1. The fourth-order valence-electron chi connectivity index (χ4n) is 2.21. The highest BCUT2D eigenvalue weighted by Crippen LogP contribution is 2.24. The summed E-state index contributed by atoms with van der Waals surface area (Å²) in [4.78, 5) is 15.7. The van der Waals surface area contributed by atoms with Crippen molar-refractivity contribution in [3.8, 4) is 0 Å². The molecule has 0 spiro atoms. The first-order valence-corrected chi connectivity index (χ1v) is 8.82. The number of aliphatic hydroxyl groups is 1. The molecule has 2 aromatic rings. The summed E-state index contributed by atoms with van der Waals surface area (Å²) < 4.78 is 0. The second kappa shape index (κ2) is 10.4. The zero-order chi connectivity index (χ0) is 18.3. The first-order chi connectivity index (χ1) is 11.9. The maximum atomic E-state index is 10.8. The van der Waals surface area contributed by atoms with E-state index in [1.807, 2.05) is 24.4 Å². The van der Waals surface area contributed by atoms with Gasteiger partial charge in [-0.25, -0.2) is 4.99 Å². The van der Waals surface area contributed by atoms with Crippen molar-refractivity contribution in [1.82, 2.24) is 10.6 Å². The zero-order valence-corrected chi connectivity index (χ0v) is 17.8. The fourth-order valence-corrected chi connectivity index (χ4v) is 3.00. The molecule has 2 rings (SSSR count). The number of thiophene rings is 1. The molecule has 9 heteroatoms. The van der Waals surface area contributed by atoms with Gasteiger partial charge in [-0.3, -0.25) is 10.1 Å². The molecule has 0 saturated carbocycles. The summed E-state index contributed by atoms with van der Waals surface area (Å²) in [6, 6.07) is 10.2. The second-order valence-corrected chi connectivity index (χ2v) is 6.67. The van der Waals surface area contributed by atoms with E-state index in [1.54, 1.807) is 19.1 Å². The lowest BCUT2D eigenvalue weighted by molar-refractivity contribution is -0.384. The van der Waals surface area contributed by atoms with Crippen molar-refractivity contribution in [1.29, 1.82) is 0 Å². The topological polar surface area (TPSA) is 99.8 Å². The predicted octanol–water partition coefficient (Wildman–Crippen LogP) is 3.24. The van der Waals surface area contributed by atoms with E-state index in [2.05, 4.69) is 15.6 Å². The number of benzene rings is 1. The molecule has 1 aromatic carbocycles. The molecule has 26 heavy (non-hydrogen) atoms. The minimum absolute atomic E-state index is 0. The van der Waals surface area contributed by atoms with Crippen LogP contribution in [0.15, 0.2) is 46.8 Å². The van der Waals surface area contributed by atoms with E-state index in [1.165, 1.54) is 23.5 Å². The summed E-state index contributed by atoms with van der Waals surface area (Å²) in [6.07, 6.45) is 0. The Labute approximate surface area is 173 Å². The molecule has 1 heterocycles. The van der Waals surface area contributed by atoms with Gasteiger partial charge < -0.3 is 15.7 Å². The Bertz CT molecular complexity index is 735. The van der Waals surface area contributed by atoms with E-state index in [9.17, 15) is 15.2 Å². The van der Waals surface area contributed by atoms with Crippen LogP contribution in [-0.2, 0) is 12.1 Å². The minimum Gasteiger partial charge on any atom is -0.383 e. The SMILES string of the molecule is CCNC(=NCc1cccc([N+](=O)[O-])c1)NCC(C)(O)c1cccs1.I. The number of nitro benzene ring substituents is 1. The molecular formula is C17H23IN4O3S. The Morgan fingerprint density at radius 1 is 1.35 bits per heavy atom. The monoisotopic (exact) mass is 490 g/mol. The van der Waals surface area contributed by atoms with Crippen molar-refractivity contribution < 1.29 is 10.0 Å². The summed E-state index contributed by atoms with van der Waals surface area (Å²) in [5.41, 5.74) is -0.210. The zero-order valence-electron chi connectivity index (χ0n) is 14.6. The maximum absolute atomic E-state index is 10.8. The van der Waals surface area contributed by atoms with Crippen molar-refractivity contribution in [2.75, 3.05) is 13.1 Å². The Balaban J connectivity index is 0.00000338. The van der Waals surface area contributed by atoms with Gasteiger partial charge in [0.05, 0.1) is 18.0 Å². The van der Waals surface area contributed by atoms with E-state index in [-0.39, 0.29) is 29.7 Å². The van der Waals surface area contributed by atoms with Crippen LogP contribution in [0.25, 0.3) is 0 Å². The van der Waals surface area contributed by atoms with Crippen molar-refractivity contribution in [3.05, 3.63) is 62.3 Å². The molecular weight excluding hydrogens is 467 g/mol.